The highest BCUT2D eigenvalue weighted by atomic mass is 32.2. The number of hydrogen-bond acceptors (Lipinski definition) is 3. The fourth-order valence-corrected chi connectivity index (χ4v) is 3.45. The molecule has 1 aliphatic rings. The van der Waals surface area contributed by atoms with Gasteiger partial charge in [0, 0.05) is 18.7 Å². The first-order chi connectivity index (χ1) is 8.01. The van der Waals surface area contributed by atoms with Crippen LogP contribution in [0.2, 0.25) is 0 Å². The van der Waals surface area contributed by atoms with Crippen molar-refractivity contribution in [3.8, 4) is 0 Å². The Morgan fingerprint density at radius 2 is 1.88 bits per heavy atom. The van der Waals surface area contributed by atoms with Gasteiger partial charge < -0.3 is 5.73 Å². The van der Waals surface area contributed by atoms with Crippen LogP contribution in [-0.4, -0.2) is 31.7 Å². The lowest BCUT2D eigenvalue weighted by atomic mass is 10.2. The van der Waals surface area contributed by atoms with Gasteiger partial charge in [-0.15, -0.1) is 0 Å². The minimum absolute atomic E-state index is 0.135. The quantitative estimate of drug-likeness (QED) is 0.856. The number of nitrogens with two attached hydrogens (primary N) is 1. The number of carbonyl (C=O) groups excluding carboxylic acids is 1. The third kappa shape index (κ3) is 2.32. The molecule has 0 radical (unpaired) electrons. The van der Waals surface area contributed by atoms with E-state index in [1.54, 1.807) is 0 Å². The second kappa shape index (κ2) is 4.46. The first-order valence-corrected chi connectivity index (χ1v) is 6.86. The Labute approximate surface area is 100 Å². The van der Waals surface area contributed by atoms with Crippen molar-refractivity contribution >= 4 is 15.9 Å². The summed E-state index contributed by atoms with van der Waals surface area (Å²) in [4.78, 5) is 11.2. The maximum atomic E-state index is 12.2. The van der Waals surface area contributed by atoms with E-state index in [0.29, 0.717) is 13.1 Å². The molecule has 0 aliphatic carbocycles. The average molecular weight is 254 g/mol. The van der Waals surface area contributed by atoms with Crippen molar-refractivity contribution in [1.82, 2.24) is 4.31 Å². The Kier molecular flexibility index (Phi) is 3.17. The molecule has 1 aromatic rings. The van der Waals surface area contributed by atoms with E-state index in [9.17, 15) is 13.2 Å². The highest BCUT2D eigenvalue weighted by Gasteiger charge is 2.27. The number of sulfonamides is 1. The molecule has 1 fully saturated rings. The van der Waals surface area contributed by atoms with Gasteiger partial charge >= 0.3 is 0 Å². The van der Waals surface area contributed by atoms with E-state index in [1.165, 1.54) is 28.6 Å². The molecule has 17 heavy (non-hydrogen) atoms. The summed E-state index contributed by atoms with van der Waals surface area (Å²) < 4.78 is 25.8. The molecule has 2 N–H and O–H groups in total. The number of primary amides is 1. The molecule has 2 rings (SSSR count). The number of amides is 1. The van der Waals surface area contributed by atoms with Gasteiger partial charge in [0.2, 0.25) is 15.9 Å². The van der Waals surface area contributed by atoms with Gasteiger partial charge in [-0.3, -0.25) is 4.79 Å². The minimum Gasteiger partial charge on any atom is -0.366 e. The smallest absolute Gasteiger partial charge is 0.248 e. The van der Waals surface area contributed by atoms with Crippen LogP contribution in [0.5, 0.6) is 0 Å². The van der Waals surface area contributed by atoms with E-state index in [4.69, 9.17) is 5.73 Å². The molecule has 92 valence electrons. The average Bonchev–Trinajstić information content (AvgIpc) is 2.83. The summed E-state index contributed by atoms with van der Waals surface area (Å²) in [5, 5.41) is 0. The predicted molar refractivity (Wildman–Crippen MR) is 63.0 cm³/mol. The molecule has 1 saturated heterocycles. The summed E-state index contributed by atoms with van der Waals surface area (Å²) in [5.74, 6) is -0.622. The van der Waals surface area contributed by atoms with Crippen molar-refractivity contribution in [2.45, 2.75) is 17.7 Å². The van der Waals surface area contributed by atoms with Crippen molar-refractivity contribution < 1.29 is 13.2 Å². The van der Waals surface area contributed by atoms with Gasteiger partial charge in [-0.05, 0) is 31.0 Å². The fraction of sp³-hybridized carbons (Fsp3) is 0.364. The van der Waals surface area contributed by atoms with Gasteiger partial charge in [0.1, 0.15) is 0 Å². The molecule has 0 spiro atoms. The van der Waals surface area contributed by atoms with Gasteiger partial charge in [0.15, 0.2) is 0 Å². The summed E-state index contributed by atoms with van der Waals surface area (Å²) in [6.45, 7) is 1.09. The van der Waals surface area contributed by atoms with Crippen LogP contribution in [-0.2, 0) is 10.0 Å². The SMILES string of the molecule is NC(=O)c1cccc(S(=O)(=O)N2CCCC2)c1. The largest absolute Gasteiger partial charge is 0.366 e. The second-order valence-electron chi connectivity index (χ2n) is 4.00. The molecular weight excluding hydrogens is 240 g/mol. The summed E-state index contributed by atoms with van der Waals surface area (Å²) in [6, 6.07) is 5.85. The normalized spacial score (nSPS) is 17.2. The Hall–Kier alpha value is -1.40. The molecule has 5 nitrogen and oxygen atoms in total. The van der Waals surface area contributed by atoms with Gasteiger partial charge in [-0.25, -0.2) is 8.42 Å². The van der Waals surface area contributed by atoms with Crippen molar-refractivity contribution in [3.05, 3.63) is 29.8 Å². The van der Waals surface area contributed by atoms with Crippen LogP contribution in [0, 0.1) is 0 Å². The van der Waals surface area contributed by atoms with Crippen LogP contribution in [0.15, 0.2) is 29.2 Å². The lowest BCUT2D eigenvalue weighted by molar-refractivity contribution is 0.1000. The van der Waals surface area contributed by atoms with E-state index < -0.39 is 15.9 Å². The highest BCUT2D eigenvalue weighted by Crippen LogP contribution is 2.21. The van der Waals surface area contributed by atoms with E-state index in [-0.39, 0.29) is 10.5 Å². The van der Waals surface area contributed by atoms with Crippen molar-refractivity contribution in [2.24, 2.45) is 5.73 Å². The van der Waals surface area contributed by atoms with Gasteiger partial charge in [0.25, 0.3) is 0 Å². The molecule has 1 amide bonds. The predicted octanol–water partition coefficient (Wildman–Crippen LogP) is 0.570. The van der Waals surface area contributed by atoms with Crippen LogP contribution in [0.25, 0.3) is 0 Å². The Morgan fingerprint density at radius 1 is 1.24 bits per heavy atom. The maximum absolute atomic E-state index is 12.2. The maximum Gasteiger partial charge on any atom is 0.248 e. The topological polar surface area (TPSA) is 80.5 Å². The summed E-state index contributed by atoms with van der Waals surface area (Å²) in [5.41, 5.74) is 5.35. The second-order valence-corrected chi connectivity index (χ2v) is 5.94. The number of hydrogen-bond donors (Lipinski definition) is 1. The molecule has 0 aromatic heterocycles. The molecular formula is C11H14N2O3S. The summed E-state index contributed by atoms with van der Waals surface area (Å²) >= 11 is 0. The lowest BCUT2D eigenvalue weighted by Crippen LogP contribution is -2.28. The molecule has 1 heterocycles. The number of benzene rings is 1. The molecule has 1 aromatic carbocycles. The molecule has 0 bridgehead atoms. The van der Waals surface area contributed by atoms with Crippen LogP contribution in [0.3, 0.4) is 0 Å². The Morgan fingerprint density at radius 3 is 2.47 bits per heavy atom. The number of rotatable bonds is 3. The zero-order chi connectivity index (χ0) is 12.5. The fourth-order valence-electron chi connectivity index (χ4n) is 1.89. The number of carbonyl (C=O) groups is 1. The van der Waals surface area contributed by atoms with Crippen molar-refractivity contribution in [2.75, 3.05) is 13.1 Å². The van der Waals surface area contributed by atoms with Gasteiger partial charge in [0.05, 0.1) is 4.90 Å². The van der Waals surface area contributed by atoms with E-state index >= 15 is 0 Å². The standard InChI is InChI=1S/C11H14N2O3S/c12-11(14)9-4-3-5-10(8-9)17(15,16)13-6-1-2-7-13/h3-5,8H,1-2,6-7H2,(H2,12,14). The summed E-state index contributed by atoms with van der Waals surface area (Å²) in [7, 11) is -3.47. The highest BCUT2D eigenvalue weighted by molar-refractivity contribution is 7.89. The molecule has 6 heteroatoms. The van der Waals surface area contributed by atoms with Crippen LogP contribution >= 0.6 is 0 Å². The minimum atomic E-state index is -3.47. The third-order valence-electron chi connectivity index (χ3n) is 2.82. The molecule has 0 unspecified atom stereocenters. The van der Waals surface area contributed by atoms with Crippen LogP contribution in [0.4, 0.5) is 0 Å². The Bertz CT molecular complexity index is 533. The van der Waals surface area contributed by atoms with E-state index in [0.717, 1.165) is 12.8 Å². The van der Waals surface area contributed by atoms with E-state index in [2.05, 4.69) is 0 Å². The first-order valence-electron chi connectivity index (χ1n) is 5.42. The zero-order valence-electron chi connectivity index (χ0n) is 9.30. The van der Waals surface area contributed by atoms with Crippen molar-refractivity contribution in [1.29, 1.82) is 0 Å². The van der Waals surface area contributed by atoms with Gasteiger partial charge in [-0.2, -0.15) is 4.31 Å². The Balaban J connectivity index is 2.39. The third-order valence-corrected chi connectivity index (χ3v) is 4.72. The number of nitrogens with zero attached hydrogens (tertiary/aromatic N) is 1. The van der Waals surface area contributed by atoms with Crippen LogP contribution < -0.4 is 5.73 Å². The van der Waals surface area contributed by atoms with Crippen LogP contribution in [0.1, 0.15) is 23.2 Å². The van der Waals surface area contributed by atoms with Gasteiger partial charge in [-0.1, -0.05) is 6.07 Å². The molecule has 0 saturated carbocycles. The summed E-state index contributed by atoms with van der Waals surface area (Å²) in [6.07, 6.45) is 1.77. The molecule has 0 atom stereocenters. The molecule has 1 aliphatic heterocycles. The van der Waals surface area contributed by atoms with E-state index in [1.807, 2.05) is 0 Å². The lowest BCUT2D eigenvalue weighted by Gasteiger charge is -2.15. The first kappa shape index (κ1) is 12.1. The van der Waals surface area contributed by atoms with Crippen molar-refractivity contribution in [3.63, 3.8) is 0 Å². The monoisotopic (exact) mass is 254 g/mol. The zero-order valence-corrected chi connectivity index (χ0v) is 10.1.